The number of thiazole rings is 1. The highest BCUT2D eigenvalue weighted by atomic mass is 32.1. The number of hydrogen-bond acceptors (Lipinski definition) is 4. The van der Waals surface area contributed by atoms with Gasteiger partial charge in [0.25, 0.3) is 5.91 Å². The number of carboxylic acids is 1. The summed E-state index contributed by atoms with van der Waals surface area (Å²) in [5.74, 6) is -1.28. The number of nitrogens with zero attached hydrogens (tertiary/aromatic N) is 1. The van der Waals surface area contributed by atoms with Crippen molar-refractivity contribution in [3.8, 4) is 0 Å². The molecule has 0 radical (unpaired) electrons. The van der Waals surface area contributed by atoms with E-state index in [1.165, 1.54) is 17.5 Å². The van der Waals surface area contributed by atoms with Crippen LogP contribution in [0, 0.1) is 0 Å². The summed E-state index contributed by atoms with van der Waals surface area (Å²) in [4.78, 5) is 27.4. The Morgan fingerprint density at radius 1 is 1.59 bits per heavy atom. The number of nitrogens with one attached hydrogen (secondary N) is 1. The summed E-state index contributed by atoms with van der Waals surface area (Å²) in [5.41, 5.74) is -1.02. The van der Waals surface area contributed by atoms with E-state index in [-0.39, 0.29) is 5.91 Å². The predicted octanol–water partition coefficient (Wildman–Crippen LogP) is 1.44. The Hall–Kier alpha value is -1.43. The lowest BCUT2D eigenvalue weighted by molar-refractivity contribution is -0.140. The minimum atomic E-state index is -1.02. The van der Waals surface area contributed by atoms with Crippen LogP contribution >= 0.6 is 11.3 Å². The summed E-state index contributed by atoms with van der Waals surface area (Å²) in [6.07, 6.45) is 4.36. The SMILES string of the molecule is CCCc1ncc(C(=O)NC2(C(=O)O)CC2)s1. The number of carbonyl (C=O) groups excluding carboxylic acids is 1. The van der Waals surface area contributed by atoms with E-state index in [4.69, 9.17) is 5.11 Å². The maximum atomic E-state index is 11.8. The van der Waals surface area contributed by atoms with Gasteiger partial charge in [-0.1, -0.05) is 6.92 Å². The fraction of sp³-hybridized carbons (Fsp3) is 0.545. The number of aliphatic carboxylic acids is 1. The Bertz CT molecular complexity index is 451. The molecule has 1 saturated carbocycles. The third-order valence-electron chi connectivity index (χ3n) is 2.75. The standard InChI is InChI=1S/C11H14N2O3S/c1-2-3-8-12-6-7(17-8)9(14)13-11(4-5-11)10(15)16/h6H,2-5H2,1H3,(H,13,14)(H,15,16). The van der Waals surface area contributed by atoms with Crippen LogP contribution in [0.1, 0.15) is 40.9 Å². The molecular weight excluding hydrogens is 240 g/mol. The molecule has 5 nitrogen and oxygen atoms in total. The van der Waals surface area contributed by atoms with Gasteiger partial charge in [0.1, 0.15) is 10.4 Å². The van der Waals surface area contributed by atoms with Crippen molar-refractivity contribution in [2.45, 2.75) is 38.1 Å². The topological polar surface area (TPSA) is 79.3 Å². The van der Waals surface area contributed by atoms with E-state index in [2.05, 4.69) is 10.3 Å². The average molecular weight is 254 g/mol. The second kappa shape index (κ2) is 4.44. The molecule has 1 fully saturated rings. The number of carbonyl (C=O) groups is 2. The van der Waals surface area contributed by atoms with Crippen LogP contribution in [0.4, 0.5) is 0 Å². The van der Waals surface area contributed by atoms with E-state index in [9.17, 15) is 9.59 Å². The van der Waals surface area contributed by atoms with Crippen molar-refractivity contribution in [3.63, 3.8) is 0 Å². The number of aromatic nitrogens is 1. The van der Waals surface area contributed by atoms with Crippen LogP contribution in [0.25, 0.3) is 0 Å². The lowest BCUT2D eigenvalue weighted by atomic mass is 10.2. The normalized spacial score (nSPS) is 16.5. The fourth-order valence-electron chi connectivity index (χ4n) is 1.54. The van der Waals surface area contributed by atoms with Gasteiger partial charge in [-0.05, 0) is 25.7 Å². The highest BCUT2D eigenvalue weighted by Gasteiger charge is 2.51. The Labute approximate surface area is 103 Å². The molecule has 1 aliphatic rings. The van der Waals surface area contributed by atoms with Crippen molar-refractivity contribution in [1.29, 1.82) is 0 Å². The molecule has 1 amide bonds. The molecule has 1 aromatic rings. The zero-order chi connectivity index (χ0) is 12.5. The quantitative estimate of drug-likeness (QED) is 0.833. The molecule has 6 heteroatoms. The minimum absolute atomic E-state index is 0.329. The van der Waals surface area contributed by atoms with Gasteiger partial charge in [-0.2, -0.15) is 0 Å². The summed E-state index contributed by atoms with van der Waals surface area (Å²) in [7, 11) is 0. The molecule has 0 atom stereocenters. The lowest BCUT2D eigenvalue weighted by Crippen LogP contribution is -2.42. The third-order valence-corrected chi connectivity index (χ3v) is 3.81. The van der Waals surface area contributed by atoms with Crippen LogP contribution in [-0.2, 0) is 11.2 Å². The van der Waals surface area contributed by atoms with Gasteiger partial charge in [-0.15, -0.1) is 11.3 Å². The number of amides is 1. The van der Waals surface area contributed by atoms with Crippen LogP contribution in [0.2, 0.25) is 0 Å². The Morgan fingerprint density at radius 3 is 2.82 bits per heavy atom. The molecule has 1 aromatic heterocycles. The number of carboxylic acid groups (broad SMARTS) is 1. The summed E-state index contributed by atoms with van der Waals surface area (Å²) in [6.45, 7) is 2.05. The van der Waals surface area contributed by atoms with Gasteiger partial charge in [0.15, 0.2) is 0 Å². The van der Waals surface area contributed by atoms with Crippen molar-refractivity contribution < 1.29 is 14.7 Å². The molecule has 92 valence electrons. The van der Waals surface area contributed by atoms with E-state index >= 15 is 0 Å². The number of aryl methyl sites for hydroxylation is 1. The largest absolute Gasteiger partial charge is 0.480 e. The second-order valence-corrected chi connectivity index (χ2v) is 5.32. The third kappa shape index (κ3) is 2.46. The first-order valence-electron chi connectivity index (χ1n) is 5.58. The molecule has 0 aliphatic heterocycles. The van der Waals surface area contributed by atoms with Crippen molar-refractivity contribution in [1.82, 2.24) is 10.3 Å². The van der Waals surface area contributed by atoms with E-state index in [0.29, 0.717) is 17.7 Å². The van der Waals surface area contributed by atoms with E-state index < -0.39 is 11.5 Å². The Morgan fingerprint density at radius 2 is 2.29 bits per heavy atom. The van der Waals surface area contributed by atoms with Crippen molar-refractivity contribution >= 4 is 23.2 Å². The van der Waals surface area contributed by atoms with Crippen LogP contribution in [0.15, 0.2) is 6.20 Å². The molecule has 0 saturated heterocycles. The molecule has 0 aromatic carbocycles. The van der Waals surface area contributed by atoms with E-state index in [1.807, 2.05) is 6.92 Å². The molecule has 0 bridgehead atoms. The molecule has 1 aliphatic carbocycles. The Kier molecular flexibility index (Phi) is 3.15. The van der Waals surface area contributed by atoms with Crippen molar-refractivity contribution in [3.05, 3.63) is 16.1 Å². The van der Waals surface area contributed by atoms with Gasteiger partial charge in [0, 0.05) is 0 Å². The van der Waals surface area contributed by atoms with Gasteiger partial charge in [0.05, 0.1) is 11.2 Å². The zero-order valence-corrected chi connectivity index (χ0v) is 10.3. The lowest BCUT2D eigenvalue weighted by Gasteiger charge is -2.10. The predicted molar refractivity (Wildman–Crippen MR) is 63.2 cm³/mol. The first-order chi connectivity index (χ1) is 8.07. The molecule has 2 rings (SSSR count). The molecule has 17 heavy (non-hydrogen) atoms. The number of rotatable bonds is 5. The fourth-order valence-corrected chi connectivity index (χ4v) is 2.46. The van der Waals surface area contributed by atoms with Crippen LogP contribution < -0.4 is 5.32 Å². The Balaban J connectivity index is 2.02. The highest BCUT2D eigenvalue weighted by Crippen LogP contribution is 2.36. The highest BCUT2D eigenvalue weighted by molar-refractivity contribution is 7.13. The molecular formula is C11H14N2O3S. The van der Waals surface area contributed by atoms with Gasteiger partial charge < -0.3 is 10.4 Å². The van der Waals surface area contributed by atoms with E-state index in [0.717, 1.165) is 17.8 Å². The van der Waals surface area contributed by atoms with Gasteiger partial charge >= 0.3 is 5.97 Å². The number of hydrogen-bond donors (Lipinski definition) is 2. The van der Waals surface area contributed by atoms with Crippen LogP contribution in [-0.4, -0.2) is 27.5 Å². The molecule has 0 unspecified atom stereocenters. The summed E-state index contributed by atoms with van der Waals surface area (Å²) < 4.78 is 0. The van der Waals surface area contributed by atoms with Gasteiger partial charge in [0.2, 0.25) is 0 Å². The first kappa shape index (κ1) is 12.0. The van der Waals surface area contributed by atoms with Gasteiger partial charge in [-0.3, -0.25) is 4.79 Å². The summed E-state index contributed by atoms with van der Waals surface area (Å²) in [5, 5.41) is 12.4. The van der Waals surface area contributed by atoms with Crippen LogP contribution in [0.5, 0.6) is 0 Å². The second-order valence-electron chi connectivity index (χ2n) is 4.21. The molecule has 0 spiro atoms. The van der Waals surface area contributed by atoms with Gasteiger partial charge in [-0.25, -0.2) is 9.78 Å². The maximum Gasteiger partial charge on any atom is 0.329 e. The molecule has 1 heterocycles. The zero-order valence-electron chi connectivity index (χ0n) is 9.52. The maximum absolute atomic E-state index is 11.8. The minimum Gasteiger partial charge on any atom is -0.480 e. The van der Waals surface area contributed by atoms with Crippen molar-refractivity contribution in [2.24, 2.45) is 0 Å². The summed E-state index contributed by atoms with van der Waals surface area (Å²) >= 11 is 1.33. The van der Waals surface area contributed by atoms with E-state index in [1.54, 1.807) is 0 Å². The first-order valence-corrected chi connectivity index (χ1v) is 6.39. The van der Waals surface area contributed by atoms with Crippen molar-refractivity contribution in [2.75, 3.05) is 0 Å². The average Bonchev–Trinajstić information content (AvgIpc) is 2.90. The van der Waals surface area contributed by atoms with Crippen LogP contribution in [0.3, 0.4) is 0 Å². The molecule has 2 N–H and O–H groups in total. The smallest absolute Gasteiger partial charge is 0.329 e. The monoisotopic (exact) mass is 254 g/mol. The summed E-state index contributed by atoms with van der Waals surface area (Å²) in [6, 6.07) is 0.